The van der Waals surface area contributed by atoms with E-state index in [9.17, 15) is 9.59 Å². The maximum absolute atomic E-state index is 12.9. The van der Waals surface area contributed by atoms with Gasteiger partial charge < -0.3 is 15.3 Å². The lowest BCUT2D eigenvalue weighted by Gasteiger charge is -2.26. The monoisotopic (exact) mass is 362 g/mol. The van der Waals surface area contributed by atoms with Gasteiger partial charge in [-0.2, -0.15) is 0 Å². The van der Waals surface area contributed by atoms with Crippen LogP contribution in [0.25, 0.3) is 0 Å². The van der Waals surface area contributed by atoms with E-state index in [1.807, 2.05) is 48.5 Å². The second-order valence-corrected chi connectivity index (χ2v) is 6.33. The fraction of sp³-hybridized carbons (Fsp3) is 0.273. The van der Waals surface area contributed by atoms with Gasteiger partial charge >= 0.3 is 0 Å². The van der Waals surface area contributed by atoms with Gasteiger partial charge in [-0.05, 0) is 30.2 Å². The first-order chi connectivity index (χ1) is 13.2. The lowest BCUT2D eigenvalue weighted by Crippen LogP contribution is -2.33. The molecule has 2 N–H and O–H groups in total. The van der Waals surface area contributed by atoms with Crippen LogP contribution >= 0.6 is 0 Å². The third-order valence-corrected chi connectivity index (χ3v) is 4.40. The van der Waals surface area contributed by atoms with E-state index in [4.69, 9.17) is 5.11 Å². The zero-order valence-electron chi connectivity index (χ0n) is 15.1. The largest absolute Gasteiger partial charge is 0.396 e. The van der Waals surface area contributed by atoms with Gasteiger partial charge in [0.25, 0.3) is 0 Å². The maximum Gasteiger partial charge on any atom is 0.227 e. The summed E-state index contributed by atoms with van der Waals surface area (Å²) in [6.07, 6.45) is 0.750. The van der Waals surface area contributed by atoms with Gasteiger partial charge in [0.1, 0.15) is 0 Å². The number of benzene rings is 2. The number of hydrogen-bond donors (Lipinski definition) is 2. The van der Waals surface area contributed by atoms with Crippen molar-refractivity contribution >= 4 is 17.5 Å². The van der Waals surface area contributed by atoms with Gasteiger partial charge in [-0.1, -0.05) is 42.2 Å². The van der Waals surface area contributed by atoms with E-state index in [-0.39, 0.29) is 31.3 Å². The average Bonchev–Trinajstić information content (AvgIpc) is 2.68. The zero-order valence-corrected chi connectivity index (χ0v) is 15.1. The summed E-state index contributed by atoms with van der Waals surface area (Å²) in [5.41, 5.74) is 3.46. The Morgan fingerprint density at radius 3 is 2.52 bits per heavy atom. The van der Waals surface area contributed by atoms with Gasteiger partial charge in [0.05, 0.1) is 12.2 Å². The molecule has 1 aliphatic rings. The van der Waals surface area contributed by atoms with E-state index in [0.717, 1.165) is 22.4 Å². The van der Waals surface area contributed by atoms with Crippen molar-refractivity contribution in [1.29, 1.82) is 0 Å². The normalized spacial score (nSPS) is 12.0. The molecule has 1 heterocycles. The molecule has 2 amide bonds. The van der Waals surface area contributed by atoms with Crippen molar-refractivity contribution in [3.8, 4) is 11.8 Å². The molecule has 138 valence electrons. The first-order valence-corrected chi connectivity index (χ1v) is 9.06. The molecule has 0 atom stereocenters. The number of carbonyl (C=O) groups is 2. The van der Waals surface area contributed by atoms with Gasteiger partial charge in [0.2, 0.25) is 11.8 Å². The van der Waals surface area contributed by atoms with Crippen molar-refractivity contribution in [2.45, 2.75) is 25.8 Å². The Bertz CT molecular complexity index is 896. The summed E-state index contributed by atoms with van der Waals surface area (Å²) >= 11 is 0. The van der Waals surface area contributed by atoms with Gasteiger partial charge in [0.15, 0.2) is 0 Å². The molecule has 0 saturated heterocycles. The summed E-state index contributed by atoms with van der Waals surface area (Å²) in [6, 6.07) is 15.4. The van der Waals surface area contributed by atoms with E-state index in [1.165, 1.54) is 0 Å². The lowest BCUT2D eigenvalue weighted by atomic mass is 10.0. The Kier molecular flexibility index (Phi) is 6.24. The maximum atomic E-state index is 12.9. The predicted octanol–water partition coefficient (Wildman–Crippen LogP) is 2.21. The van der Waals surface area contributed by atoms with Gasteiger partial charge in [-0.3, -0.25) is 9.59 Å². The Hall–Kier alpha value is -3.10. The fourth-order valence-electron chi connectivity index (χ4n) is 2.96. The number of carbonyl (C=O) groups excluding carboxylic acids is 2. The van der Waals surface area contributed by atoms with E-state index in [1.54, 1.807) is 4.90 Å². The van der Waals surface area contributed by atoms with Crippen LogP contribution in [0.5, 0.6) is 0 Å². The molecule has 0 saturated carbocycles. The first kappa shape index (κ1) is 18.7. The number of amides is 2. The molecule has 0 unspecified atom stereocenters. The molecule has 0 spiro atoms. The highest BCUT2D eigenvalue weighted by Gasteiger charge is 2.21. The summed E-state index contributed by atoms with van der Waals surface area (Å²) in [7, 11) is 0. The lowest BCUT2D eigenvalue weighted by molar-refractivity contribution is -0.125. The minimum absolute atomic E-state index is 0.0320. The molecular formula is C22H22N2O3. The first-order valence-electron chi connectivity index (χ1n) is 9.06. The van der Waals surface area contributed by atoms with Crippen LogP contribution in [0, 0.1) is 11.8 Å². The third kappa shape index (κ3) is 4.75. The van der Waals surface area contributed by atoms with Crippen molar-refractivity contribution in [3.63, 3.8) is 0 Å². The molecule has 2 aromatic carbocycles. The quantitative estimate of drug-likeness (QED) is 0.611. The average molecular weight is 362 g/mol. The number of fused-ring (bicyclic) bond motifs is 2. The summed E-state index contributed by atoms with van der Waals surface area (Å²) in [5.74, 6) is 6.05. The van der Waals surface area contributed by atoms with Gasteiger partial charge in [0, 0.05) is 37.1 Å². The molecule has 0 radical (unpaired) electrons. The van der Waals surface area contributed by atoms with Crippen molar-refractivity contribution < 1.29 is 14.7 Å². The summed E-state index contributed by atoms with van der Waals surface area (Å²) in [4.78, 5) is 26.5. The molecule has 5 nitrogen and oxygen atoms in total. The molecule has 1 aliphatic heterocycles. The summed E-state index contributed by atoms with van der Waals surface area (Å²) in [5, 5.41) is 11.5. The highest BCUT2D eigenvalue weighted by molar-refractivity contribution is 5.96. The Morgan fingerprint density at radius 2 is 1.70 bits per heavy atom. The molecule has 0 aliphatic carbocycles. The minimum atomic E-state index is -0.183. The number of aliphatic hydroxyl groups is 1. The second-order valence-electron chi connectivity index (χ2n) is 6.33. The van der Waals surface area contributed by atoms with E-state index >= 15 is 0 Å². The summed E-state index contributed by atoms with van der Waals surface area (Å²) in [6.45, 7) is 0.871. The number of nitrogens with zero attached hydrogens (tertiary/aromatic N) is 1. The van der Waals surface area contributed by atoms with Crippen LogP contribution in [-0.2, 0) is 16.1 Å². The Balaban J connectivity index is 1.79. The van der Waals surface area contributed by atoms with E-state index in [0.29, 0.717) is 19.5 Å². The highest BCUT2D eigenvalue weighted by atomic mass is 16.3. The molecule has 3 rings (SSSR count). The molecule has 2 aromatic rings. The molecular weight excluding hydrogens is 340 g/mol. The topological polar surface area (TPSA) is 69.6 Å². The molecule has 0 bridgehead atoms. The number of hydrogen-bond acceptors (Lipinski definition) is 3. The number of nitrogens with one attached hydrogen (secondary N) is 1. The van der Waals surface area contributed by atoms with Crippen molar-refractivity contribution in [1.82, 2.24) is 5.32 Å². The van der Waals surface area contributed by atoms with Crippen LogP contribution in [0.1, 0.15) is 36.0 Å². The Morgan fingerprint density at radius 1 is 1.00 bits per heavy atom. The predicted molar refractivity (Wildman–Crippen MR) is 104 cm³/mol. The standard InChI is InChI=1S/C22H22N2O3/c25-15-5-14-23-21(26)12-13-22(27)24-16-19-8-2-1-6-17(19)10-11-18-7-3-4-9-20(18)24/h1-4,6-9,25H,5,12-16H2,(H,23,26). The van der Waals surface area contributed by atoms with Crippen molar-refractivity contribution in [2.75, 3.05) is 18.1 Å². The van der Waals surface area contributed by atoms with Gasteiger partial charge in [-0.25, -0.2) is 0 Å². The second kappa shape index (κ2) is 9.02. The van der Waals surface area contributed by atoms with Crippen LogP contribution in [0.2, 0.25) is 0 Å². The smallest absolute Gasteiger partial charge is 0.227 e. The van der Waals surface area contributed by atoms with Crippen molar-refractivity contribution in [3.05, 3.63) is 65.2 Å². The van der Waals surface area contributed by atoms with Crippen LogP contribution < -0.4 is 10.2 Å². The highest BCUT2D eigenvalue weighted by Crippen LogP contribution is 2.26. The van der Waals surface area contributed by atoms with Crippen molar-refractivity contribution in [2.24, 2.45) is 0 Å². The minimum Gasteiger partial charge on any atom is -0.396 e. The summed E-state index contributed by atoms with van der Waals surface area (Å²) < 4.78 is 0. The SMILES string of the molecule is O=C(CCC(=O)N1Cc2ccccc2C#Cc2ccccc21)NCCCO. The Labute approximate surface area is 159 Å². The molecule has 5 heteroatoms. The molecule has 0 fully saturated rings. The van der Waals surface area contributed by atoms with E-state index < -0.39 is 0 Å². The number of rotatable bonds is 6. The number of para-hydroxylation sites is 1. The number of aliphatic hydroxyl groups excluding tert-OH is 1. The fourth-order valence-corrected chi connectivity index (χ4v) is 2.96. The van der Waals surface area contributed by atoms with Crippen LogP contribution in [0.3, 0.4) is 0 Å². The van der Waals surface area contributed by atoms with Gasteiger partial charge in [-0.15, -0.1) is 0 Å². The van der Waals surface area contributed by atoms with Crippen LogP contribution in [0.15, 0.2) is 48.5 Å². The van der Waals surface area contributed by atoms with Crippen LogP contribution in [0.4, 0.5) is 5.69 Å². The zero-order chi connectivity index (χ0) is 19.1. The third-order valence-electron chi connectivity index (χ3n) is 4.40. The van der Waals surface area contributed by atoms with E-state index in [2.05, 4.69) is 17.2 Å². The molecule has 27 heavy (non-hydrogen) atoms. The van der Waals surface area contributed by atoms with Crippen LogP contribution in [-0.4, -0.2) is 30.1 Å². The molecule has 0 aromatic heterocycles. The number of anilines is 1.